The third-order valence-corrected chi connectivity index (χ3v) is 2.67. The van der Waals surface area contributed by atoms with Crippen LogP contribution in [0.2, 0.25) is 0 Å². The first-order chi connectivity index (χ1) is 5.77. The van der Waals surface area contributed by atoms with E-state index in [1.807, 2.05) is 13.0 Å². The van der Waals surface area contributed by atoms with Crippen molar-refractivity contribution in [2.75, 3.05) is 5.75 Å². The van der Waals surface area contributed by atoms with Crippen LogP contribution in [0.25, 0.3) is 0 Å². The van der Waals surface area contributed by atoms with Gasteiger partial charge in [0.15, 0.2) is 0 Å². The van der Waals surface area contributed by atoms with Crippen molar-refractivity contribution in [2.24, 2.45) is 0 Å². The first-order valence-electron chi connectivity index (χ1n) is 3.52. The molecule has 0 aromatic carbocycles. The fourth-order valence-corrected chi connectivity index (χ4v) is 1.47. The Kier molecular flexibility index (Phi) is 2.94. The number of hydrogen-bond acceptors (Lipinski definition) is 3. The Morgan fingerprint density at radius 3 is 2.83 bits per heavy atom. The van der Waals surface area contributed by atoms with E-state index < -0.39 is 10.8 Å². The Balaban J connectivity index is 2.94. The summed E-state index contributed by atoms with van der Waals surface area (Å²) < 4.78 is 11.2. The molecule has 62 valence electrons. The number of nitrogens with zero attached hydrogens (tertiary/aromatic N) is 2. The summed E-state index contributed by atoms with van der Waals surface area (Å²) in [6.45, 7) is 1.84. The molecule has 1 aromatic heterocycles. The summed E-state index contributed by atoms with van der Waals surface area (Å²) in [5.74, 6) is 0.577. The van der Waals surface area contributed by atoms with E-state index in [4.69, 9.17) is 5.26 Å². The molecular formula is C8H8N2OS. The van der Waals surface area contributed by atoms with Gasteiger partial charge in [-0.1, -0.05) is 6.92 Å². The lowest BCUT2D eigenvalue weighted by molar-refractivity contribution is 0.683. The Morgan fingerprint density at radius 1 is 1.67 bits per heavy atom. The first-order valence-corrected chi connectivity index (χ1v) is 4.84. The van der Waals surface area contributed by atoms with Gasteiger partial charge >= 0.3 is 0 Å². The van der Waals surface area contributed by atoms with Crippen LogP contribution in [0.15, 0.2) is 23.2 Å². The monoisotopic (exact) mass is 180 g/mol. The Morgan fingerprint density at radius 2 is 2.42 bits per heavy atom. The molecule has 0 saturated heterocycles. The maximum absolute atomic E-state index is 11.2. The van der Waals surface area contributed by atoms with Crippen LogP contribution in [-0.4, -0.2) is 14.9 Å². The van der Waals surface area contributed by atoms with Gasteiger partial charge < -0.3 is 0 Å². The summed E-state index contributed by atoms with van der Waals surface area (Å²) in [5, 5.41) is 8.44. The Bertz CT molecular complexity index is 326. The number of rotatable bonds is 2. The molecular weight excluding hydrogens is 172 g/mol. The van der Waals surface area contributed by atoms with Gasteiger partial charge in [0.05, 0.1) is 15.7 Å². The summed E-state index contributed by atoms with van der Waals surface area (Å²) in [6.07, 6.45) is 1.48. The molecule has 1 aromatic rings. The van der Waals surface area contributed by atoms with E-state index in [0.29, 0.717) is 16.3 Å². The molecule has 3 nitrogen and oxygen atoms in total. The van der Waals surface area contributed by atoms with Crippen LogP contribution in [0.1, 0.15) is 12.6 Å². The van der Waals surface area contributed by atoms with Gasteiger partial charge in [0.25, 0.3) is 0 Å². The molecule has 0 fully saturated rings. The molecule has 1 rings (SSSR count). The second kappa shape index (κ2) is 3.98. The van der Waals surface area contributed by atoms with Gasteiger partial charge in [-0.05, 0) is 12.1 Å². The van der Waals surface area contributed by atoms with Crippen LogP contribution in [0.5, 0.6) is 0 Å². The highest BCUT2D eigenvalue weighted by molar-refractivity contribution is 7.85. The summed E-state index contributed by atoms with van der Waals surface area (Å²) in [5.41, 5.74) is 0.354. The molecule has 0 aliphatic carbocycles. The number of pyridine rings is 1. The van der Waals surface area contributed by atoms with Crippen molar-refractivity contribution < 1.29 is 4.21 Å². The molecule has 0 saturated carbocycles. The van der Waals surface area contributed by atoms with Crippen LogP contribution in [-0.2, 0) is 10.8 Å². The van der Waals surface area contributed by atoms with Crippen molar-refractivity contribution in [1.29, 1.82) is 5.26 Å². The summed E-state index contributed by atoms with van der Waals surface area (Å²) >= 11 is 0. The first kappa shape index (κ1) is 8.88. The molecule has 0 amide bonds. The van der Waals surface area contributed by atoms with Gasteiger partial charge in [-0.15, -0.1) is 0 Å². The van der Waals surface area contributed by atoms with Gasteiger partial charge in [-0.3, -0.25) is 4.21 Å². The third kappa shape index (κ3) is 1.89. The molecule has 0 N–H and O–H groups in total. The lowest BCUT2D eigenvalue weighted by Gasteiger charge is -1.96. The van der Waals surface area contributed by atoms with Gasteiger partial charge in [-0.25, -0.2) is 4.98 Å². The fourth-order valence-electron chi connectivity index (χ4n) is 0.748. The molecule has 0 aliphatic heterocycles. The average Bonchev–Trinajstić information content (AvgIpc) is 2.17. The van der Waals surface area contributed by atoms with E-state index in [0.717, 1.165) is 0 Å². The minimum absolute atomic E-state index is 0.354. The van der Waals surface area contributed by atoms with E-state index in [1.54, 1.807) is 12.1 Å². The van der Waals surface area contributed by atoms with Crippen molar-refractivity contribution in [3.05, 3.63) is 24.0 Å². The van der Waals surface area contributed by atoms with Crippen LogP contribution >= 0.6 is 0 Å². The Hall–Kier alpha value is -1.21. The molecule has 0 aliphatic rings. The smallest absolute Gasteiger partial charge is 0.140 e. The molecule has 1 unspecified atom stereocenters. The van der Waals surface area contributed by atoms with E-state index in [2.05, 4.69) is 4.98 Å². The minimum Gasteiger partial charge on any atom is -0.254 e. The zero-order valence-electron chi connectivity index (χ0n) is 6.65. The second-order valence-electron chi connectivity index (χ2n) is 2.13. The predicted octanol–water partition coefficient (Wildman–Crippen LogP) is 1.08. The highest BCUT2D eigenvalue weighted by Crippen LogP contribution is 2.04. The normalized spacial score (nSPS) is 12.0. The largest absolute Gasteiger partial charge is 0.254 e. The molecule has 1 heterocycles. The maximum atomic E-state index is 11.2. The number of hydrogen-bond donors (Lipinski definition) is 0. The zero-order chi connectivity index (χ0) is 8.97. The quantitative estimate of drug-likeness (QED) is 0.684. The predicted molar refractivity (Wildman–Crippen MR) is 45.9 cm³/mol. The van der Waals surface area contributed by atoms with Gasteiger partial charge in [-0.2, -0.15) is 5.26 Å². The van der Waals surface area contributed by atoms with Gasteiger partial charge in [0.2, 0.25) is 0 Å². The van der Waals surface area contributed by atoms with E-state index in [-0.39, 0.29) is 0 Å². The summed E-state index contributed by atoms with van der Waals surface area (Å²) in [6, 6.07) is 5.15. The molecule has 1 atom stereocenters. The lowest BCUT2D eigenvalue weighted by Crippen LogP contribution is -1.95. The fraction of sp³-hybridized carbons (Fsp3) is 0.250. The molecule has 12 heavy (non-hydrogen) atoms. The van der Waals surface area contributed by atoms with Crippen molar-refractivity contribution in [1.82, 2.24) is 4.98 Å². The van der Waals surface area contributed by atoms with E-state index in [9.17, 15) is 4.21 Å². The number of nitriles is 1. The standard InChI is InChI=1S/C8H8N2OS/c1-2-12(11)8-4-3-7(5-9)10-6-8/h3-4,6H,2H2,1H3. The van der Waals surface area contributed by atoms with Crippen LogP contribution < -0.4 is 0 Å². The molecule has 0 spiro atoms. The van der Waals surface area contributed by atoms with Crippen molar-refractivity contribution >= 4 is 10.8 Å². The highest BCUT2D eigenvalue weighted by atomic mass is 32.2. The van der Waals surface area contributed by atoms with Crippen LogP contribution in [0.3, 0.4) is 0 Å². The zero-order valence-corrected chi connectivity index (χ0v) is 7.47. The third-order valence-electron chi connectivity index (χ3n) is 1.38. The molecule has 4 heteroatoms. The maximum Gasteiger partial charge on any atom is 0.140 e. The Labute approximate surface area is 73.5 Å². The van der Waals surface area contributed by atoms with Crippen molar-refractivity contribution in [3.8, 4) is 6.07 Å². The molecule has 0 bridgehead atoms. The van der Waals surface area contributed by atoms with Gasteiger partial charge in [0, 0.05) is 11.9 Å². The minimum atomic E-state index is -0.973. The van der Waals surface area contributed by atoms with Crippen molar-refractivity contribution in [3.63, 3.8) is 0 Å². The van der Waals surface area contributed by atoms with E-state index >= 15 is 0 Å². The van der Waals surface area contributed by atoms with Crippen LogP contribution in [0.4, 0.5) is 0 Å². The SMILES string of the molecule is CCS(=O)c1ccc(C#N)nc1. The summed E-state index contributed by atoms with van der Waals surface area (Å²) in [4.78, 5) is 4.49. The molecule has 0 radical (unpaired) electrons. The topological polar surface area (TPSA) is 53.8 Å². The van der Waals surface area contributed by atoms with Crippen LogP contribution in [0, 0.1) is 11.3 Å². The lowest BCUT2D eigenvalue weighted by atomic mass is 10.4. The van der Waals surface area contributed by atoms with E-state index in [1.165, 1.54) is 6.20 Å². The van der Waals surface area contributed by atoms with Crippen molar-refractivity contribution in [2.45, 2.75) is 11.8 Å². The summed E-state index contributed by atoms with van der Waals surface area (Å²) in [7, 11) is -0.973. The number of aromatic nitrogens is 1. The average molecular weight is 180 g/mol. The highest BCUT2D eigenvalue weighted by Gasteiger charge is 2.00. The van der Waals surface area contributed by atoms with Gasteiger partial charge in [0.1, 0.15) is 11.8 Å². The second-order valence-corrected chi connectivity index (χ2v) is 3.86.